The summed E-state index contributed by atoms with van der Waals surface area (Å²) in [5.41, 5.74) is 8.21. The standard InChI is InChI=1S/C12H12N4S/c13-9(5-8-6-14-7-15-8)12-16-10-3-1-2-4-11(10)17-12/h1-4,6-7,9H,5,13H2,(H,14,15). The number of nitrogens with zero attached hydrogens (tertiary/aromatic N) is 2. The van der Waals surface area contributed by atoms with Gasteiger partial charge in [-0.1, -0.05) is 12.1 Å². The Balaban J connectivity index is 1.88. The highest BCUT2D eigenvalue weighted by Gasteiger charge is 2.12. The van der Waals surface area contributed by atoms with Gasteiger partial charge in [0.1, 0.15) is 5.01 Å². The van der Waals surface area contributed by atoms with Gasteiger partial charge in [-0.2, -0.15) is 0 Å². The molecule has 0 saturated heterocycles. The molecule has 0 aliphatic heterocycles. The highest BCUT2D eigenvalue weighted by atomic mass is 32.1. The second-order valence-corrected chi connectivity index (χ2v) is 4.97. The van der Waals surface area contributed by atoms with E-state index in [1.54, 1.807) is 23.9 Å². The van der Waals surface area contributed by atoms with Crippen LogP contribution in [0.2, 0.25) is 0 Å². The molecule has 4 nitrogen and oxygen atoms in total. The third-order valence-corrected chi connectivity index (χ3v) is 3.79. The first-order valence-corrected chi connectivity index (χ1v) is 6.23. The lowest BCUT2D eigenvalue weighted by Gasteiger charge is -2.05. The van der Waals surface area contributed by atoms with Crippen molar-refractivity contribution >= 4 is 21.6 Å². The zero-order chi connectivity index (χ0) is 11.7. The van der Waals surface area contributed by atoms with E-state index in [-0.39, 0.29) is 6.04 Å². The lowest BCUT2D eigenvalue weighted by Crippen LogP contribution is -2.13. The largest absolute Gasteiger partial charge is 0.348 e. The van der Waals surface area contributed by atoms with Crippen LogP contribution in [0.1, 0.15) is 16.7 Å². The topological polar surface area (TPSA) is 67.6 Å². The number of nitrogens with two attached hydrogens (primary N) is 1. The molecule has 1 aromatic carbocycles. The van der Waals surface area contributed by atoms with Crippen LogP contribution < -0.4 is 5.73 Å². The highest BCUT2D eigenvalue weighted by molar-refractivity contribution is 7.18. The first kappa shape index (κ1) is 10.4. The van der Waals surface area contributed by atoms with Gasteiger partial charge >= 0.3 is 0 Å². The van der Waals surface area contributed by atoms with Crippen LogP contribution in [0.25, 0.3) is 10.2 Å². The van der Waals surface area contributed by atoms with Gasteiger partial charge in [-0.05, 0) is 12.1 Å². The van der Waals surface area contributed by atoms with E-state index in [1.807, 2.05) is 18.2 Å². The van der Waals surface area contributed by atoms with Crippen LogP contribution in [0.15, 0.2) is 36.8 Å². The third-order valence-electron chi connectivity index (χ3n) is 2.62. The van der Waals surface area contributed by atoms with Crippen LogP contribution in [0.5, 0.6) is 0 Å². The van der Waals surface area contributed by atoms with Gasteiger partial charge in [-0.15, -0.1) is 11.3 Å². The van der Waals surface area contributed by atoms with Crippen LogP contribution in [-0.4, -0.2) is 15.0 Å². The molecule has 2 heterocycles. The fourth-order valence-corrected chi connectivity index (χ4v) is 2.74. The van der Waals surface area contributed by atoms with Crippen molar-refractivity contribution in [1.29, 1.82) is 0 Å². The summed E-state index contributed by atoms with van der Waals surface area (Å²) in [5.74, 6) is 0. The van der Waals surface area contributed by atoms with Crippen molar-refractivity contribution in [2.75, 3.05) is 0 Å². The van der Waals surface area contributed by atoms with Gasteiger partial charge in [0.25, 0.3) is 0 Å². The number of thiazole rings is 1. The van der Waals surface area contributed by atoms with E-state index in [0.717, 1.165) is 22.6 Å². The SMILES string of the molecule is NC(Cc1cnc[nH]1)c1nc2ccccc2s1. The molecular weight excluding hydrogens is 232 g/mol. The Morgan fingerprint density at radius 1 is 1.35 bits per heavy atom. The van der Waals surface area contributed by atoms with Crippen LogP contribution in [0, 0.1) is 0 Å². The molecule has 0 amide bonds. The third kappa shape index (κ3) is 2.07. The smallest absolute Gasteiger partial charge is 0.111 e. The van der Waals surface area contributed by atoms with E-state index in [1.165, 1.54) is 4.70 Å². The maximum absolute atomic E-state index is 6.15. The van der Waals surface area contributed by atoms with E-state index in [2.05, 4.69) is 21.0 Å². The molecule has 1 atom stereocenters. The predicted octanol–water partition coefficient (Wildman–Crippen LogP) is 2.26. The van der Waals surface area contributed by atoms with Gasteiger partial charge in [0.2, 0.25) is 0 Å². The van der Waals surface area contributed by atoms with Crippen LogP contribution >= 0.6 is 11.3 Å². The Morgan fingerprint density at radius 2 is 2.24 bits per heavy atom. The Kier molecular flexibility index (Phi) is 2.62. The second kappa shape index (κ2) is 4.27. The van der Waals surface area contributed by atoms with Crippen molar-refractivity contribution in [2.24, 2.45) is 5.73 Å². The minimum atomic E-state index is -0.0761. The molecule has 1 unspecified atom stereocenters. The molecule has 5 heteroatoms. The lowest BCUT2D eigenvalue weighted by atomic mass is 10.2. The van der Waals surface area contributed by atoms with E-state index in [4.69, 9.17) is 5.73 Å². The summed E-state index contributed by atoms with van der Waals surface area (Å²) in [6.45, 7) is 0. The fourth-order valence-electron chi connectivity index (χ4n) is 1.77. The van der Waals surface area contributed by atoms with E-state index in [0.29, 0.717) is 0 Å². The number of imidazole rings is 1. The average molecular weight is 244 g/mol. The van der Waals surface area contributed by atoms with Gasteiger partial charge in [0.05, 0.1) is 22.6 Å². The average Bonchev–Trinajstić information content (AvgIpc) is 2.96. The number of hydrogen-bond acceptors (Lipinski definition) is 4. The summed E-state index contributed by atoms with van der Waals surface area (Å²) >= 11 is 1.66. The molecule has 17 heavy (non-hydrogen) atoms. The number of aromatic amines is 1. The predicted molar refractivity (Wildman–Crippen MR) is 68.8 cm³/mol. The van der Waals surface area contributed by atoms with Crippen molar-refractivity contribution in [3.05, 3.63) is 47.5 Å². The molecule has 0 aliphatic rings. The maximum Gasteiger partial charge on any atom is 0.111 e. The van der Waals surface area contributed by atoms with E-state index >= 15 is 0 Å². The second-order valence-electron chi connectivity index (χ2n) is 3.91. The summed E-state index contributed by atoms with van der Waals surface area (Å²) in [7, 11) is 0. The minimum absolute atomic E-state index is 0.0761. The van der Waals surface area contributed by atoms with Crippen LogP contribution in [0.4, 0.5) is 0 Å². The molecule has 0 saturated carbocycles. The molecule has 2 aromatic heterocycles. The number of aromatic nitrogens is 3. The fraction of sp³-hybridized carbons (Fsp3) is 0.167. The Bertz CT molecular complexity index is 581. The molecule has 0 bridgehead atoms. The molecule has 3 aromatic rings. The van der Waals surface area contributed by atoms with Crippen molar-refractivity contribution in [3.63, 3.8) is 0 Å². The van der Waals surface area contributed by atoms with E-state index in [9.17, 15) is 0 Å². The van der Waals surface area contributed by atoms with Gasteiger partial charge in [0, 0.05) is 18.3 Å². The summed E-state index contributed by atoms with van der Waals surface area (Å²) in [4.78, 5) is 11.6. The number of benzene rings is 1. The van der Waals surface area contributed by atoms with Crippen molar-refractivity contribution in [1.82, 2.24) is 15.0 Å². The van der Waals surface area contributed by atoms with Crippen LogP contribution in [0.3, 0.4) is 0 Å². The number of nitrogens with one attached hydrogen (secondary N) is 1. The molecule has 86 valence electrons. The van der Waals surface area contributed by atoms with Crippen LogP contribution in [-0.2, 0) is 6.42 Å². The first-order valence-electron chi connectivity index (χ1n) is 5.41. The summed E-state index contributed by atoms with van der Waals surface area (Å²) in [6, 6.07) is 8.02. The molecule has 0 aliphatic carbocycles. The van der Waals surface area contributed by atoms with Crippen molar-refractivity contribution in [2.45, 2.75) is 12.5 Å². The normalized spacial score (nSPS) is 13.0. The monoisotopic (exact) mass is 244 g/mol. The zero-order valence-electron chi connectivity index (χ0n) is 9.13. The summed E-state index contributed by atoms with van der Waals surface area (Å²) < 4.78 is 1.18. The van der Waals surface area contributed by atoms with Gasteiger partial charge < -0.3 is 10.7 Å². The Hall–Kier alpha value is -1.72. The number of hydrogen-bond donors (Lipinski definition) is 2. The van der Waals surface area contributed by atoms with Gasteiger partial charge in [-0.3, -0.25) is 0 Å². The molecule has 3 N–H and O–H groups in total. The first-order chi connectivity index (χ1) is 8.33. The molecule has 3 rings (SSSR count). The molecule has 0 radical (unpaired) electrons. The van der Waals surface area contributed by atoms with Gasteiger partial charge in [-0.25, -0.2) is 9.97 Å². The number of para-hydroxylation sites is 1. The van der Waals surface area contributed by atoms with Gasteiger partial charge in [0.15, 0.2) is 0 Å². The summed E-state index contributed by atoms with van der Waals surface area (Å²) in [5, 5.41) is 0.973. The lowest BCUT2D eigenvalue weighted by molar-refractivity contribution is 0.705. The Morgan fingerprint density at radius 3 is 3.00 bits per heavy atom. The minimum Gasteiger partial charge on any atom is -0.348 e. The molecule has 0 spiro atoms. The van der Waals surface area contributed by atoms with Crippen molar-refractivity contribution < 1.29 is 0 Å². The highest BCUT2D eigenvalue weighted by Crippen LogP contribution is 2.26. The molecular formula is C12H12N4S. The maximum atomic E-state index is 6.15. The quantitative estimate of drug-likeness (QED) is 0.742. The zero-order valence-corrected chi connectivity index (χ0v) is 9.95. The number of fused-ring (bicyclic) bond motifs is 1. The van der Waals surface area contributed by atoms with E-state index < -0.39 is 0 Å². The molecule has 0 fully saturated rings. The summed E-state index contributed by atoms with van der Waals surface area (Å²) in [6.07, 6.45) is 4.20. The number of H-pyrrole nitrogens is 1. The number of rotatable bonds is 3. The van der Waals surface area contributed by atoms with Crippen molar-refractivity contribution in [3.8, 4) is 0 Å². The Labute approximate surface area is 103 Å².